The van der Waals surface area contributed by atoms with E-state index in [-0.39, 0.29) is 0 Å². The van der Waals surface area contributed by atoms with E-state index in [0.717, 1.165) is 16.7 Å². The number of nitrogens with zero attached hydrogens (tertiary/aromatic N) is 1. The molecule has 0 amide bonds. The van der Waals surface area contributed by atoms with E-state index in [4.69, 9.17) is 0 Å². The van der Waals surface area contributed by atoms with E-state index in [1.165, 1.54) is 18.8 Å². The van der Waals surface area contributed by atoms with Crippen LogP contribution in [0, 0.1) is 11.8 Å². The summed E-state index contributed by atoms with van der Waals surface area (Å²) in [5.74, 6) is 1.83. The monoisotopic (exact) mass is 237 g/mol. The van der Waals surface area contributed by atoms with E-state index in [2.05, 4.69) is 51.2 Å². The maximum absolute atomic E-state index is 3.70. The Morgan fingerprint density at radius 1 is 1.08 bits per heavy atom. The first-order valence-electron chi connectivity index (χ1n) is 4.80. The maximum atomic E-state index is 3.70. The number of halogens is 1. The minimum atomic E-state index is 0.812. The zero-order valence-electron chi connectivity index (χ0n) is 7.36. The largest absolute Gasteiger partial charge is 0.371 e. The highest BCUT2D eigenvalue weighted by Gasteiger charge is 2.54. The fraction of sp³-hybridized carbons (Fsp3) is 0.455. The molecule has 3 rings (SSSR count). The highest BCUT2D eigenvalue weighted by molar-refractivity contribution is 9.09. The van der Waals surface area contributed by atoms with Gasteiger partial charge in [0.05, 0.1) is 0 Å². The zero-order valence-corrected chi connectivity index (χ0v) is 8.94. The predicted molar refractivity (Wildman–Crippen MR) is 58.4 cm³/mol. The van der Waals surface area contributed by atoms with Crippen LogP contribution < -0.4 is 4.90 Å². The molecular weight excluding hydrogens is 226 g/mol. The van der Waals surface area contributed by atoms with Gasteiger partial charge in [0, 0.05) is 23.6 Å². The summed E-state index contributed by atoms with van der Waals surface area (Å²) in [6.07, 6.45) is 0. The van der Waals surface area contributed by atoms with Crippen molar-refractivity contribution in [3.8, 4) is 0 Å². The molecule has 1 aromatic rings. The van der Waals surface area contributed by atoms with Gasteiger partial charge in [0.15, 0.2) is 0 Å². The van der Waals surface area contributed by atoms with E-state index in [1.807, 2.05) is 0 Å². The number of hydrogen-bond donors (Lipinski definition) is 0. The Labute approximate surface area is 86.9 Å². The topological polar surface area (TPSA) is 3.24 Å². The highest BCUT2D eigenvalue weighted by Crippen LogP contribution is 2.51. The normalized spacial score (nSPS) is 36.1. The SMILES string of the molecule is BrC1[C@H]2CN(c3ccccc3)C[C@@H]12. The summed E-state index contributed by atoms with van der Waals surface area (Å²) >= 11 is 3.70. The molecule has 13 heavy (non-hydrogen) atoms. The molecule has 1 aliphatic heterocycles. The van der Waals surface area contributed by atoms with Crippen LogP contribution in [0.15, 0.2) is 30.3 Å². The van der Waals surface area contributed by atoms with Gasteiger partial charge in [-0.15, -0.1) is 0 Å². The van der Waals surface area contributed by atoms with Gasteiger partial charge in [0.2, 0.25) is 0 Å². The van der Waals surface area contributed by atoms with Crippen molar-refractivity contribution in [2.75, 3.05) is 18.0 Å². The number of hydrogen-bond acceptors (Lipinski definition) is 1. The smallest absolute Gasteiger partial charge is 0.0366 e. The highest BCUT2D eigenvalue weighted by atomic mass is 79.9. The molecule has 1 saturated carbocycles. The Bertz CT molecular complexity index is 299. The van der Waals surface area contributed by atoms with E-state index >= 15 is 0 Å². The van der Waals surface area contributed by atoms with Gasteiger partial charge in [0.25, 0.3) is 0 Å². The third-order valence-corrected chi connectivity index (χ3v) is 4.57. The Hall–Kier alpha value is -0.500. The molecule has 1 heterocycles. The summed E-state index contributed by atoms with van der Waals surface area (Å²) in [4.78, 5) is 3.31. The molecule has 0 radical (unpaired) electrons. The van der Waals surface area contributed by atoms with Gasteiger partial charge in [-0.2, -0.15) is 0 Å². The van der Waals surface area contributed by atoms with Crippen LogP contribution in [0.25, 0.3) is 0 Å². The molecule has 3 atom stereocenters. The average molecular weight is 238 g/mol. The minimum Gasteiger partial charge on any atom is -0.371 e. The van der Waals surface area contributed by atoms with Gasteiger partial charge in [-0.1, -0.05) is 34.1 Å². The van der Waals surface area contributed by atoms with Crippen LogP contribution in [0.5, 0.6) is 0 Å². The third kappa shape index (κ3) is 1.19. The molecule has 2 aliphatic rings. The Morgan fingerprint density at radius 3 is 2.31 bits per heavy atom. The van der Waals surface area contributed by atoms with Crippen molar-refractivity contribution in [3.05, 3.63) is 30.3 Å². The minimum absolute atomic E-state index is 0.812. The van der Waals surface area contributed by atoms with Crippen LogP contribution in [0.3, 0.4) is 0 Å². The molecule has 2 fully saturated rings. The molecule has 0 spiro atoms. The molecule has 0 bridgehead atoms. The average Bonchev–Trinajstić information content (AvgIpc) is 2.67. The van der Waals surface area contributed by atoms with Gasteiger partial charge in [0.1, 0.15) is 0 Å². The Morgan fingerprint density at radius 2 is 1.69 bits per heavy atom. The lowest BCUT2D eigenvalue weighted by Gasteiger charge is -2.20. The second-order valence-electron chi connectivity index (χ2n) is 4.01. The van der Waals surface area contributed by atoms with Crippen molar-refractivity contribution in [1.29, 1.82) is 0 Å². The quantitative estimate of drug-likeness (QED) is 0.679. The van der Waals surface area contributed by atoms with Crippen LogP contribution in [0.1, 0.15) is 0 Å². The zero-order chi connectivity index (χ0) is 8.84. The van der Waals surface area contributed by atoms with Gasteiger partial charge in [-0.25, -0.2) is 0 Å². The molecule has 0 aromatic heterocycles. The Kier molecular flexibility index (Phi) is 1.66. The number of fused-ring (bicyclic) bond motifs is 1. The van der Waals surface area contributed by atoms with Crippen molar-refractivity contribution in [1.82, 2.24) is 0 Å². The molecule has 2 heteroatoms. The van der Waals surface area contributed by atoms with E-state index in [0.29, 0.717) is 0 Å². The van der Waals surface area contributed by atoms with Gasteiger partial charge < -0.3 is 4.90 Å². The summed E-state index contributed by atoms with van der Waals surface area (Å²) < 4.78 is 0. The first-order valence-corrected chi connectivity index (χ1v) is 5.72. The Balaban J connectivity index is 1.76. The number of benzene rings is 1. The summed E-state index contributed by atoms with van der Waals surface area (Å²) in [7, 11) is 0. The summed E-state index contributed by atoms with van der Waals surface area (Å²) in [6, 6.07) is 10.7. The van der Waals surface area contributed by atoms with Crippen molar-refractivity contribution < 1.29 is 0 Å². The van der Waals surface area contributed by atoms with E-state index in [9.17, 15) is 0 Å². The van der Waals surface area contributed by atoms with Crippen LogP contribution in [0.4, 0.5) is 5.69 Å². The van der Waals surface area contributed by atoms with E-state index in [1.54, 1.807) is 0 Å². The number of anilines is 1. The first kappa shape index (κ1) is 7.86. The van der Waals surface area contributed by atoms with Crippen LogP contribution in [-0.2, 0) is 0 Å². The summed E-state index contributed by atoms with van der Waals surface area (Å²) in [5, 5.41) is 0. The molecule has 68 valence electrons. The van der Waals surface area contributed by atoms with Crippen molar-refractivity contribution >= 4 is 21.6 Å². The molecule has 1 aliphatic carbocycles. The molecule has 1 saturated heterocycles. The van der Waals surface area contributed by atoms with Crippen LogP contribution in [-0.4, -0.2) is 17.9 Å². The second kappa shape index (κ2) is 2.74. The lowest BCUT2D eigenvalue weighted by Crippen LogP contribution is -2.23. The fourth-order valence-electron chi connectivity index (χ4n) is 2.30. The summed E-state index contributed by atoms with van der Waals surface area (Å²) in [6.45, 7) is 2.48. The number of rotatable bonds is 1. The standard InChI is InChI=1S/C11H12BrN/c12-11-9-6-13(7-10(9)11)8-4-2-1-3-5-8/h1-5,9-11H,6-7H2/t9-,10+,11?. The molecule has 1 unspecified atom stereocenters. The molecule has 1 nitrogen and oxygen atoms in total. The third-order valence-electron chi connectivity index (χ3n) is 3.21. The maximum Gasteiger partial charge on any atom is 0.0366 e. The molecule has 1 aromatic carbocycles. The number of alkyl halides is 1. The van der Waals surface area contributed by atoms with Crippen LogP contribution in [0.2, 0.25) is 0 Å². The molecular formula is C11H12BrN. The van der Waals surface area contributed by atoms with E-state index < -0.39 is 0 Å². The molecule has 0 N–H and O–H groups in total. The fourth-order valence-corrected chi connectivity index (χ4v) is 3.25. The lowest BCUT2D eigenvalue weighted by atomic mass is 10.3. The number of piperidine rings is 1. The van der Waals surface area contributed by atoms with Crippen molar-refractivity contribution in [2.24, 2.45) is 11.8 Å². The first-order chi connectivity index (χ1) is 6.36. The van der Waals surface area contributed by atoms with Gasteiger partial charge in [-0.3, -0.25) is 0 Å². The van der Waals surface area contributed by atoms with Gasteiger partial charge in [-0.05, 0) is 24.0 Å². The van der Waals surface area contributed by atoms with Crippen molar-refractivity contribution in [2.45, 2.75) is 4.83 Å². The predicted octanol–water partition coefficient (Wildman–Crippen LogP) is 2.52. The summed E-state index contributed by atoms with van der Waals surface area (Å²) in [5.41, 5.74) is 1.38. The van der Waals surface area contributed by atoms with Gasteiger partial charge >= 0.3 is 0 Å². The lowest BCUT2D eigenvalue weighted by molar-refractivity contribution is 0.832. The van der Waals surface area contributed by atoms with Crippen LogP contribution >= 0.6 is 15.9 Å². The van der Waals surface area contributed by atoms with Crippen molar-refractivity contribution in [3.63, 3.8) is 0 Å². The second-order valence-corrected chi connectivity index (χ2v) is 5.07. The number of para-hydroxylation sites is 1.